The van der Waals surface area contributed by atoms with E-state index in [-0.39, 0.29) is 18.4 Å². The maximum absolute atomic E-state index is 13.1. The number of hydrogen-bond acceptors (Lipinski definition) is 4. The second kappa shape index (κ2) is 6.28. The fraction of sp³-hybridized carbons (Fsp3) is 0.143. The second-order valence-electron chi connectivity index (χ2n) is 6.27. The summed E-state index contributed by atoms with van der Waals surface area (Å²) in [5.41, 5.74) is 3.28. The Balaban J connectivity index is 1.93. The molecule has 0 saturated carbocycles. The van der Waals surface area contributed by atoms with Crippen molar-refractivity contribution in [3.63, 3.8) is 0 Å². The van der Waals surface area contributed by atoms with Gasteiger partial charge in [0, 0.05) is 34.1 Å². The number of rotatable bonds is 4. The van der Waals surface area contributed by atoms with Crippen molar-refractivity contribution in [1.82, 2.24) is 0 Å². The van der Waals surface area contributed by atoms with Crippen LogP contribution in [0.1, 0.15) is 26.3 Å². The van der Waals surface area contributed by atoms with Crippen LogP contribution in [-0.4, -0.2) is 30.1 Å². The maximum atomic E-state index is 13.1. The van der Waals surface area contributed by atoms with Crippen LogP contribution >= 0.6 is 0 Å². The minimum atomic E-state index is -0.318. The molecule has 4 rings (SSSR count). The topological polar surface area (TPSA) is 69.6 Å². The lowest BCUT2D eigenvalue weighted by Gasteiger charge is -2.28. The summed E-state index contributed by atoms with van der Waals surface area (Å²) in [5, 5.41) is 13.7. The molecule has 2 amide bonds. The third kappa shape index (κ3) is 2.36. The molecule has 0 unspecified atom stereocenters. The van der Waals surface area contributed by atoms with Gasteiger partial charge in [-0.3, -0.25) is 9.59 Å². The van der Waals surface area contributed by atoms with Crippen molar-refractivity contribution in [2.24, 2.45) is 0 Å². The molecular weight excluding hydrogens is 328 g/mol. The number of imide groups is 1. The highest BCUT2D eigenvalue weighted by molar-refractivity contribution is 6.36. The van der Waals surface area contributed by atoms with Crippen LogP contribution in [0.15, 0.2) is 54.6 Å². The summed E-state index contributed by atoms with van der Waals surface area (Å²) in [6.07, 6.45) is 0. The number of carbonyl (C=O) groups is 2. The summed E-state index contributed by atoms with van der Waals surface area (Å²) in [6.45, 7) is 2.28. The van der Waals surface area contributed by atoms with Gasteiger partial charge in [0.05, 0.1) is 12.3 Å². The minimum absolute atomic E-state index is 0.00184. The van der Waals surface area contributed by atoms with Gasteiger partial charge in [-0.05, 0) is 36.8 Å². The number of anilines is 2. The van der Waals surface area contributed by atoms with Gasteiger partial charge < -0.3 is 10.4 Å². The molecule has 0 bridgehead atoms. The van der Waals surface area contributed by atoms with Crippen molar-refractivity contribution in [3.05, 3.63) is 71.3 Å². The van der Waals surface area contributed by atoms with Crippen LogP contribution in [0.25, 0.3) is 10.8 Å². The first-order valence-electron chi connectivity index (χ1n) is 8.48. The fourth-order valence-corrected chi connectivity index (χ4v) is 3.47. The number of nitrogens with one attached hydrogen (secondary N) is 1. The van der Waals surface area contributed by atoms with Gasteiger partial charge in [-0.25, -0.2) is 4.90 Å². The standard InChI is InChI=1S/C21H18N2O3/c1-13-5-2-3-8-18(13)23-20(25)15-7-4-6-14-17(22-11-12-24)10-9-16(19(14)15)21(23)26/h2-10,22,24H,11-12H2,1H3. The van der Waals surface area contributed by atoms with E-state index < -0.39 is 0 Å². The zero-order valence-electron chi connectivity index (χ0n) is 14.3. The molecule has 0 aliphatic carbocycles. The van der Waals surface area contributed by atoms with Crippen LogP contribution in [0, 0.1) is 6.92 Å². The van der Waals surface area contributed by atoms with Crippen molar-refractivity contribution in [3.8, 4) is 0 Å². The highest BCUT2D eigenvalue weighted by Crippen LogP contribution is 2.36. The summed E-state index contributed by atoms with van der Waals surface area (Å²) in [5.74, 6) is -0.636. The fourth-order valence-electron chi connectivity index (χ4n) is 3.47. The third-order valence-electron chi connectivity index (χ3n) is 4.69. The SMILES string of the molecule is Cc1ccccc1N1C(=O)c2cccc3c(NCCO)ccc(c23)C1=O. The molecular formula is C21H18N2O3. The molecule has 0 spiro atoms. The molecule has 0 atom stereocenters. The summed E-state index contributed by atoms with van der Waals surface area (Å²) >= 11 is 0. The van der Waals surface area contributed by atoms with Crippen molar-refractivity contribution >= 4 is 34.0 Å². The van der Waals surface area contributed by atoms with Gasteiger partial charge in [-0.1, -0.05) is 30.3 Å². The summed E-state index contributed by atoms with van der Waals surface area (Å²) < 4.78 is 0. The van der Waals surface area contributed by atoms with E-state index in [0.717, 1.165) is 16.6 Å². The minimum Gasteiger partial charge on any atom is -0.395 e. The van der Waals surface area contributed by atoms with Gasteiger partial charge in [0.2, 0.25) is 0 Å². The van der Waals surface area contributed by atoms with Crippen LogP contribution in [-0.2, 0) is 0 Å². The first-order valence-corrected chi connectivity index (χ1v) is 8.48. The molecule has 26 heavy (non-hydrogen) atoms. The van der Waals surface area contributed by atoms with E-state index >= 15 is 0 Å². The molecule has 1 heterocycles. The molecule has 5 heteroatoms. The van der Waals surface area contributed by atoms with E-state index in [9.17, 15) is 9.59 Å². The van der Waals surface area contributed by atoms with Gasteiger partial charge >= 0.3 is 0 Å². The van der Waals surface area contributed by atoms with E-state index in [1.807, 2.05) is 43.3 Å². The molecule has 1 aliphatic heterocycles. The number of hydrogen-bond donors (Lipinski definition) is 2. The van der Waals surface area contributed by atoms with Crippen molar-refractivity contribution in [1.29, 1.82) is 0 Å². The number of carbonyl (C=O) groups excluding carboxylic acids is 2. The summed E-state index contributed by atoms with van der Waals surface area (Å²) in [6, 6.07) is 16.4. The van der Waals surface area contributed by atoms with Crippen LogP contribution in [0.4, 0.5) is 11.4 Å². The summed E-state index contributed by atoms with van der Waals surface area (Å²) in [4.78, 5) is 27.5. The highest BCUT2D eigenvalue weighted by atomic mass is 16.3. The van der Waals surface area contributed by atoms with Crippen LogP contribution < -0.4 is 10.2 Å². The zero-order chi connectivity index (χ0) is 18.3. The average molecular weight is 346 g/mol. The molecule has 1 aliphatic rings. The number of benzene rings is 3. The molecule has 3 aromatic rings. The summed E-state index contributed by atoms with van der Waals surface area (Å²) in [7, 11) is 0. The molecule has 0 saturated heterocycles. The Morgan fingerprint density at radius 3 is 2.38 bits per heavy atom. The average Bonchev–Trinajstić information content (AvgIpc) is 2.66. The predicted molar refractivity (Wildman–Crippen MR) is 102 cm³/mol. The van der Waals surface area contributed by atoms with Crippen LogP contribution in [0.5, 0.6) is 0 Å². The number of aryl methyl sites for hydroxylation is 1. The van der Waals surface area contributed by atoms with E-state index in [0.29, 0.717) is 28.7 Å². The first-order chi connectivity index (χ1) is 12.6. The Kier molecular flexibility index (Phi) is 3.93. The van der Waals surface area contributed by atoms with E-state index in [1.54, 1.807) is 18.2 Å². The largest absolute Gasteiger partial charge is 0.395 e. The second-order valence-corrected chi connectivity index (χ2v) is 6.27. The molecule has 5 nitrogen and oxygen atoms in total. The third-order valence-corrected chi connectivity index (χ3v) is 4.69. The number of aliphatic hydroxyl groups excluding tert-OH is 1. The molecule has 0 radical (unpaired) electrons. The van der Waals surface area contributed by atoms with Gasteiger partial charge in [-0.15, -0.1) is 0 Å². The molecule has 3 aromatic carbocycles. The lowest BCUT2D eigenvalue weighted by atomic mass is 9.92. The number of amides is 2. The van der Waals surface area contributed by atoms with E-state index in [2.05, 4.69) is 5.32 Å². The lowest BCUT2D eigenvalue weighted by molar-refractivity contribution is 0.0893. The van der Waals surface area contributed by atoms with Crippen molar-refractivity contribution in [2.75, 3.05) is 23.4 Å². The molecule has 0 fully saturated rings. The van der Waals surface area contributed by atoms with Crippen molar-refractivity contribution in [2.45, 2.75) is 6.92 Å². The van der Waals surface area contributed by atoms with Gasteiger partial charge in [-0.2, -0.15) is 0 Å². The number of nitrogens with zero attached hydrogens (tertiary/aromatic N) is 1. The maximum Gasteiger partial charge on any atom is 0.265 e. The Labute approximate surface area is 150 Å². The monoisotopic (exact) mass is 346 g/mol. The highest BCUT2D eigenvalue weighted by Gasteiger charge is 2.34. The zero-order valence-corrected chi connectivity index (χ0v) is 14.3. The first kappa shape index (κ1) is 16.3. The van der Waals surface area contributed by atoms with Gasteiger partial charge in [0.25, 0.3) is 11.8 Å². The lowest BCUT2D eigenvalue weighted by Crippen LogP contribution is -2.40. The quantitative estimate of drug-likeness (QED) is 0.711. The molecule has 2 N–H and O–H groups in total. The van der Waals surface area contributed by atoms with Crippen LogP contribution in [0.2, 0.25) is 0 Å². The number of para-hydroxylation sites is 1. The molecule has 0 aromatic heterocycles. The Morgan fingerprint density at radius 2 is 1.65 bits per heavy atom. The number of aliphatic hydroxyl groups is 1. The predicted octanol–water partition coefficient (Wildman–Crippen LogP) is 3.35. The van der Waals surface area contributed by atoms with E-state index in [4.69, 9.17) is 5.11 Å². The van der Waals surface area contributed by atoms with Gasteiger partial charge in [0.1, 0.15) is 0 Å². The normalized spacial score (nSPS) is 13.4. The Morgan fingerprint density at radius 1 is 0.923 bits per heavy atom. The Hall–Kier alpha value is -3.18. The smallest absolute Gasteiger partial charge is 0.265 e. The van der Waals surface area contributed by atoms with E-state index in [1.165, 1.54) is 4.90 Å². The van der Waals surface area contributed by atoms with Crippen LogP contribution in [0.3, 0.4) is 0 Å². The Bertz CT molecular complexity index is 1020. The van der Waals surface area contributed by atoms with Gasteiger partial charge in [0.15, 0.2) is 0 Å². The van der Waals surface area contributed by atoms with Crippen molar-refractivity contribution < 1.29 is 14.7 Å². The molecule has 130 valence electrons.